The van der Waals surface area contributed by atoms with Gasteiger partial charge in [0.25, 0.3) is 0 Å². The van der Waals surface area contributed by atoms with Gasteiger partial charge < -0.3 is 15.5 Å². The maximum absolute atomic E-state index is 11.9. The topological polar surface area (TPSA) is 142 Å². The van der Waals surface area contributed by atoms with E-state index in [1.807, 2.05) is 50.2 Å². The molecule has 2 N–H and O–H groups in total. The van der Waals surface area contributed by atoms with Crippen molar-refractivity contribution in [2.24, 2.45) is 4.99 Å². The molecule has 12 heteroatoms. The van der Waals surface area contributed by atoms with Crippen LogP contribution < -0.4 is 10.6 Å². The number of aryl methyl sites for hydroxylation is 2. The highest BCUT2D eigenvalue weighted by Crippen LogP contribution is 2.12. The lowest BCUT2D eigenvalue weighted by atomic mass is 10.2. The van der Waals surface area contributed by atoms with Crippen molar-refractivity contribution in [3.8, 4) is 0 Å². The molecule has 2 aromatic carbocycles. The minimum Gasteiger partial charge on any atom is -0.322 e. The molecule has 2 saturated heterocycles. The summed E-state index contributed by atoms with van der Waals surface area (Å²) in [5, 5.41) is 5.72. The van der Waals surface area contributed by atoms with E-state index < -0.39 is 19.7 Å². The summed E-state index contributed by atoms with van der Waals surface area (Å²) in [6.45, 7) is 5.74. The molecule has 2 aliphatic heterocycles. The Hall–Kier alpha value is -3.05. The fraction of sp³-hybridized carbons (Fsp3) is 0.440. The molecule has 0 aromatic heterocycles. The zero-order valence-electron chi connectivity index (χ0n) is 20.4. The number of sulfone groups is 2. The van der Waals surface area contributed by atoms with Gasteiger partial charge in [0.1, 0.15) is 0 Å². The predicted molar refractivity (Wildman–Crippen MR) is 148 cm³/mol. The van der Waals surface area contributed by atoms with Crippen molar-refractivity contribution in [3.05, 3.63) is 59.7 Å². The molecule has 37 heavy (non-hydrogen) atoms. The number of rotatable bonds is 2. The SMILES string of the molecule is C.Cc1ccc(N=C=O)cc1.Cc1ccc(NC(=O)N2CCS(=O)(=O)CC2)cc1.O=S1(=O)CCNCC1. The first kappa shape index (κ1) is 32.0. The zero-order chi connectivity index (χ0) is 26.6. The van der Waals surface area contributed by atoms with E-state index in [-0.39, 0.29) is 38.1 Å². The molecule has 0 unspecified atom stereocenters. The Morgan fingerprint density at radius 2 is 1.30 bits per heavy atom. The Kier molecular flexibility index (Phi) is 13.2. The van der Waals surface area contributed by atoms with Gasteiger partial charge in [-0.25, -0.2) is 26.4 Å². The third kappa shape index (κ3) is 12.7. The number of benzene rings is 2. The predicted octanol–water partition coefficient (Wildman–Crippen LogP) is 2.86. The van der Waals surface area contributed by atoms with Crippen LogP contribution in [0, 0.1) is 13.8 Å². The maximum Gasteiger partial charge on any atom is 0.321 e. The summed E-state index contributed by atoms with van der Waals surface area (Å²) >= 11 is 0. The monoisotopic (exact) mass is 552 g/mol. The number of hydrogen-bond donors (Lipinski definition) is 2. The summed E-state index contributed by atoms with van der Waals surface area (Å²) in [6, 6.07) is 14.6. The van der Waals surface area contributed by atoms with Crippen molar-refractivity contribution in [3.63, 3.8) is 0 Å². The van der Waals surface area contributed by atoms with Crippen LogP contribution in [0.25, 0.3) is 0 Å². The van der Waals surface area contributed by atoms with Crippen molar-refractivity contribution in [2.45, 2.75) is 21.3 Å². The molecule has 4 rings (SSSR count). The third-order valence-electron chi connectivity index (χ3n) is 5.32. The van der Waals surface area contributed by atoms with E-state index >= 15 is 0 Å². The molecule has 0 aliphatic carbocycles. The van der Waals surface area contributed by atoms with Crippen molar-refractivity contribution >= 4 is 43.2 Å². The maximum atomic E-state index is 11.9. The van der Waals surface area contributed by atoms with Crippen LogP contribution in [0.1, 0.15) is 18.6 Å². The first-order chi connectivity index (χ1) is 17.0. The van der Waals surface area contributed by atoms with Crippen LogP contribution in [0.2, 0.25) is 0 Å². The molecule has 204 valence electrons. The first-order valence-electron chi connectivity index (χ1n) is 11.4. The summed E-state index contributed by atoms with van der Waals surface area (Å²) in [6.07, 6.45) is 1.48. The van der Waals surface area contributed by atoms with Gasteiger partial charge >= 0.3 is 6.03 Å². The Bertz CT molecular complexity index is 1230. The minimum atomic E-state index is -2.95. The summed E-state index contributed by atoms with van der Waals surface area (Å²) in [4.78, 5) is 26.6. The van der Waals surface area contributed by atoms with E-state index in [4.69, 9.17) is 0 Å². The lowest BCUT2D eigenvalue weighted by molar-refractivity contribution is 0.216. The summed E-state index contributed by atoms with van der Waals surface area (Å²) < 4.78 is 43.7. The Balaban J connectivity index is 0.000000305. The molecule has 0 atom stereocenters. The first-order valence-corrected chi connectivity index (χ1v) is 15.0. The lowest BCUT2D eigenvalue weighted by Gasteiger charge is -2.26. The average molecular weight is 553 g/mol. The van der Waals surface area contributed by atoms with Crippen molar-refractivity contribution < 1.29 is 26.4 Å². The molecule has 2 aromatic rings. The molecule has 2 aliphatic rings. The average Bonchev–Trinajstić information content (AvgIpc) is 2.83. The number of hydrogen-bond acceptors (Lipinski definition) is 8. The van der Waals surface area contributed by atoms with Gasteiger partial charge in [-0.15, -0.1) is 0 Å². The van der Waals surface area contributed by atoms with Crippen LogP contribution in [-0.4, -0.2) is 83.0 Å². The number of nitrogens with zero attached hydrogens (tertiary/aromatic N) is 2. The molecule has 0 bridgehead atoms. The van der Waals surface area contributed by atoms with Gasteiger partial charge in [0.05, 0.1) is 28.7 Å². The zero-order valence-corrected chi connectivity index (χ0v) is 22.1. The van der Waals surface area contributed by atoms with E-state index in [1.54, 1.807) is 12.1 Å². The van der Waals surface area contributed by atoms with Crippen LogP contribution in [-0.2, 0) is 24.5 Å². The van der Waals surface area contributed by atoms with Gasteiger partial charge in [0.15, 0.2) is 19.7 Å². The Morgan fingerprint density at radius 3 is 1.73 bits per heavy atom. The van der Waals surface area contributed by atoms with Gasteiger partial charge in [-0.2, -0.15) is 4.99 Å². The van der Waals surface area contributed by atoms with Crippen LogP contribution in [0.4, 0.5) is 16.2 Å². The van der Waals surface area contributed by atoms with E-state index in [1.165, 1.54) is 11.0 Å². The van der Waals surface area contributed by atoms with Crippen LogP contribution in [0.3, 0.4) is 0 Å². The molecule has 2 heterocycles. The van der Waals surface area contributed by atoms with Gasteiger partial charge in [0.2, 0.25) is 6.08 Å². The molecule has 2 amide bonds. The van der Waals surface area contributed by atoms with Gasteiger partial charge in [0, 0.05) is 31.9 Å². The fourth-order valence-electron chi connectivity index (χ4n) is 3.11. The number of nitrogens with one attached hydrogen (secondary N) is 2. The van der Waals surface area contributed by atoms with Gasteiger partial charge in [-0.3, -0.25) is 0 Å². The molecular formula is C25H36N4O6S2. The number of isocyanates is 1. The van der Waals surface area contributed by atoms with Crippen LogP contribution >= 0.6 is 0 Å². The smallest absolute Gasteiger partial charge is 0.321 e. The summed E-state index contributed by atoms with van der Waals surface area (Å²) in [5.74, 6) is 0.725. The van der Waals surface area contributed by atoms with E-state index in [2.05, 4.69) is 15.6 Å². The van der Waals surface area contributed by atoms with E-state index in [9.17, 15) is 26.4 Å². The second kappa shape index (κ2) is 15.3. The highest BCUT2D eigenvalue weighted by Gasteiger charge is 2.24. The molecule has 2 fully saturated rings. The van der Waals surface area contributed by atoms with Crippen molar-refractivity contribution in [2.75, 3.05) is 54.5 Å². The number of urea groups is 1. The quantitative estimate of drug-likeness (QED) is 0.431. The molecule has 0 saturated carbocycles. The van der Waals surface area contributed by atoms with Crippen LogP contribution in [0.5, 0.6) is 0 Å². The highest BCUT2D eigenvalue weighted by atomic mass is 32.2. The van der Waals surface area contributed by atoms with E-state index in [0.717, 1.165) is 16.8 Å². The van der Waals surface area contributed by atoms with Crippen molar-refractivity contribution in [1.29, 1.82) is 0 Å². The molecular weight excluding hydrogens is 516 g/mol. The van der Waals surface area contributed by atoms with Crippen molar-refractivity contribution in [1.82, 2.24) is 10.2 Å². The Labute approximate surface area is 220 Å². The van der Waals surface area contributed by atoms with Gasteiger partial charge in [-0.1, -0.05) is 42.8 Å². The number of amides is 2. The number of aliphatic imine (C=N–C) groups is 1. The third-order valence-corrected chi connectivity index (χ3v) is 8.58. The number of anilines is 1. The fourth-order valence-corrected chi connectivity index (χ4v) is 5.43. The van der Waals surface area contributed by atoms with Crippen LogP contribution in [0.15, 0.2) is 53.5 Å². The second-order valence-corrected chi connectivity index (χ2v) is 13.0. The normalized spacial score (nSPS) is 17.2. The van der Waals surface area contributed by atoms with E-state index in [0.29, 0.717) is 30.3 Å². The molecule has 0 spiro atoms. The summed E-state index contributed by atoms with van der Waals surface area (Å²) in [5.41, 5.74) is 3.65. The summed E-state index contributed by atoms with van der Waals surface area (Å²) in [7, 11) is -5.59. The largest absolute Gasteiger partial charge is 0.322 e. The molecule has 0 radical (unpaired) electrons. The number of carbonyl (C=O) groups is 1. The molecule has 10 nitrogen and oxygen atoms in total. The lowest BCUT2D eigenvalue weighted by Crippen LogP contribution is -2.45. The number of carbonyl (C=O) groups excluding carboxylic acids is 2. The standard InChI is InChI=1S/C12H16N2O3S.C8H7NO.C4H9NO2S.CH4/c1-10-2-4-11(5-3-10)13-12(15)14-6-8-18(16,17)9-7-14;1-7-2-4-8(5-3-7)9-6-10;6-8(7)3-1-5-2-4-8;/h2-5H,6-9H2,1H3,(H,13,15);2-5H,1H3;5H,1-4H2;1H4. The van der Waals surface area contributed by atoms with Gasteiger partial charge in [-0.05, 0) is 38.1 Å². The minimum absolute atomic E-state index is 0. The second-order valence-electron chi connectivity index (χ2n) is 8.38. The Morgan fingerprint density at radius 1 is 0.838 bits per heavy atom. The highest BCUT2D eigenvalue weighted by molar-refractivity contribution is 7.91.